The Kier molecular flexibility index (Phi) is 8.87. The largest absolute Gasteiger partial charge is 0.476 e. The Bertz CT molecular complexity index is 932. The van der Waals surface area contributed by atoms with Crippen LogP contribution in [0.5, 0.6) is 5.75 Å². The second-order valence-electron chi connectivity index (χ2n) is 5.51. The summed E-state index contributed by atoms with van der Waals surface area (Å²) in [6.45, 7) is 1.19. The van der Waals surface area contributed by atoms with E-state index >= 15 is 0 Å². The summed E-state index contributed by atoms with van der Waals surface area (Å²) < 4.78 is 65.1. The summed E-state index contributed by atoms with van der Waals surface area (Å²) in [5.41, 5.74) is 0. The van der Waals surface area contributed by atoms with E-state index in [-0.39, 0.29) is 28.7 Å². The predicted molar refractivity (Wildman–Crippen MR) is 109 cm³/mol. The van der Waals surface area contributed by atoms with Crippen molar-refractivity contribution in [3.8, 4) is 5.75 Å². The van der Waals surface area contributed by atoms with Gasteiger partial charge in [0.2, 0.25) is 10.0 Å². The summed E-state index contributed by atoms with van der Waals surface area (Å²) in [7, 11) is -3.67. The third-order valence-corrected chi connectivity index (χ3v) is 6.38. The smallest absolute Gasteiger partial charge is 0.344 e. The fourth-order valence-electron chi connectivity index (χ4n) is 2.13. The molecular weight excluding hydrogens is 492 g/mol. The van der Waals surface area contributed by atoms with E-state index in [0.717, 1.165) is 28.4 Å². The Morgan fingerprint density at radius 2 is 1.79 bits per heavy atom. The number of thioether (sulfide) groups is 1. The highest BCUT2D eigenvalue weighted by Crippen LogP contribution is 2.28. The van der Waals surface area contributed by atoms with Crippen LogP contribution >= 0.6 is 27.7 Å². The van der Waals surface area contributed by atoms with Crippen molar-refractivity contribution in [1.29, 1.82) is 0 Å². The third kappa shape index (κ3) is 7.25. The minimum atomic E-state index is -3.67. The van der Waals surface area contributed by atoms with E-state index in [9.17, 15) is 22.0 Å². The van der Waals surface area contributed by atoms with Crippen molar-refractivity contribution < 1.29 is 31.5 Å². The normalized spacial score (nSPS) is 11.3. The van der Waals surface area contributed by atoms with E-state index in [1.165, 1.54) is 12.1 Å². The lowest BCUT2D eigenvalue weighted by Gasteiger charge is -2.10. The number of carbonyl (C=O) groups is 1. The van der Waals surface area contributed by atoms with Gasteiger partial charge in [-0.1, -0.05) is 15.9 Å². The topological polar surface area (TPSA) is 81.7 Å². The molecule has 2 aromatic rings. The first-order valence-electron chi connectivity index (χ1n) is 8.38. The highest BCUT2D eigenvalue weighted by atomic mass is 79.9. The summed E-state index contributed by atoms with van der Waals surface area (Å²) >= 11 is 4.30. The number of esters is 1. The monoisotopic (exact) mass is 509 g/mol. The van der Waals surface area contributed by atoms with E-state index in [4.69, 9.17) is 4.74 Å². The third-order valence-electron chi connectivity index (χ3n) is 3.40. The van der Waals surface area contributed by atoms with Crippen molar-refractivity contribution in [1.82, 2.24) is 4.72 Å². The molecule has 0 unspecified atom stereocenters. The first-order valence-corrected chi connectivity index (χ1v) is 11.6. The molecule has 2 rings (SSSR count). The van der Waals surface area contributed by atoms with Crippen molar-refractivity contribution in [2.24, 2.45) is 0 Å². The van der Waals surface area contributed by atoms with Crippen molar-refractivity contribution >= 4 is 43.7 Å². The minimum absolute atomic E-state index is 0.0629. The van der Waals surface area contributed by atoms with Crippen LogP contribution in [-0.4, -0.2) is 39.9 Å². The number of carbonyl (C=O) groups excluding carboxylic acids is 1. The summed E-state index contributed by atoms with van der Waals surface area (Å²) in [6, 6.07) is 8.24. The lowest BCUT2D eigenvalue weighted by atomic mass is 10.3. The molecule has 0 saturated carbocycles. The Hall–Kier alpha value is -1.69. The van der Waals surface area contributed by atoms with Crippen LogP contribution in [0.4, 0.5) is 8.78 Å². The van der Waals surface area contributed by atoms with E-state index in [1.807, 2.05) is 0 Å². The summed E-state index contributed by atoms with van der Waals surface area (Å²) in [5, 5.41) is 0. The molecule has 0 bridgehead atoms. The molecule has 0 atom stereocenters. The van der Waals surface area contributed by atoms with Crippen molar-refractivity contribution in [2.45, 2.75) is 16.7 Å². The maximum atomic E-state index is 14.1. The second-order valence-corrected chi connectivity index (χ2v) is 9.36. The van der Waals surface area contributed by atoms with Crippen molar-refractivity contribution in [3.05, 3.63) is 52.5 Å². The predicted octanol–water partition coefficient (Wildman–Crippen LogP) is 3.74. The van der Waals surface area contributed by atoms with E-state index in [1.54, 1.807) is 19.1 Å². The number of hydrogen-bond acceptors (Lipinski definition) is 6. The van der Waals surface area contributed by atoms with Gasteiger partial charge in [0.25, 0.3) is 0 Å². The highest BCUT2D eigenvalue weighted by molar-refractivity contribution is 9.10. The Morgan fingerprint density at radius 1 is 1.17 bits per heavy atom. The summed E-state index contributed by atoms with van der Waals surface area (Å²) in [5.74, 6) is -3.09. The SMILES string of the molecule is CCOC(=O)COc1c(F)cc(SCCNS(=O)(=O)c2ccc(Br)cc2)cc1F. The molecule has 0 fully saturated rings. The van der Waals surface area contributed by atoms with Gasteiger partial charge in [0.05, 0.1) is 11.5 Å². The molecule has 1 N–H and O–H groups in total. The zero-order chi connectivity index (χ0) is 21.4. The van der Waals surface area contributed by atoms with Crippen LogP contribution in [0.3, 0.4) is 0 Å². The van der Waals surface area contributed by atoms with Crippen LogP contribution in [-0.2, 0) is 19.6 Å². The maximum Gasteiger partial charge on any atom is 0.344 e. The molecule has 2 aromatic carbocycles. The quantitative estimate of drug-likeness (QED) is 0.298. The van der Waals surface area contributed by atoms with E-state index in [2.05, 4.69) is 25.4 Å². The van der Waals surface area contributed by atoms with E-state index < -0.39 is 40.0 Å². The molecule has 0 aliphatic carbocycles. The van der Waals surface area contributed by atoms with Crippen LogP contribution in [0.1, 0.15) is 6.92 Å². The number of sulfonamides is 1. The number of halogens is 3. The molecule has 0 heterocycles. The molecule has 158 valence electrons. The zero-order valence-electron chi connectivity index (χ0n) is 15.3. The first-order chi connectivity index (χ1) is 13.7. The summed E-state index contributed by atoms with van der Waals surface area (Å²) in [6.07, 6.45) is 0. The molecule has 0 aromatic heterocycles. The lowest BCUT2D eigenvalue weighted by Crippen LogP contribution is -2.26. The van der Waals surface area contributed by atoms with Gasteiger partial charge in [0.15, 0.2) is 24.0 Å². The van der Waals surface area contributed by atoms with Gasteiger partial charge in [0, 0.05) is 21.7 Å². The molecule has 0 radical (unpaired) electrons. The van der Waals surface area contributed by atoms with Gasteiger partial charge in [-0.05, 0) is 43.3 Å². The molecule has 6 nitrogen and oxygen atoms in total. The molecule has 0 spiro atoms. The molecule has 11 heteroatoms. The van der Waals surface area contributed by atoms with Crippen LogP contribution in [0, 0.1) is 11.6 Å². The number of nitrogens with one attached hydrogen (secondary N) is 1. The van der Waals surface area contributed by atoms with Gasteiger partial charge in [0.1, 0.15) is 0 Å². The fourth-order valence-corrected chi connectivity index (χ4v) is 4.37. The molecule has 0 saturated heterocycles. The van der Waals surface area contributed by atoms with Gasteiger partial charge >= 0.3 is 5.97 Å². The second kappa shape index (κ2) is 10.9. The fraction of sp³-hybridized carbons (Fsp3) is 0.278. The van der Waals surface area contributed by atoms with Gasteiger partial charge < -0.3 is 9.47 Å². The van der Waals surface area contributed by atoms with E-state index in [0.29, 0.717) is 0 Å². The average Bonchev–Trinajstić information content (AvgIpc) is 2.65. The lowest BCUT2D eigenvalue weighted by molar-refractivity contribution is -0.145. The molecule has 0 aliphatic heterocycles. The number of rotatable bonds is 10. The Balaban J connectivity index is 1.89. The molecule has 0 amide bonds. The average molecular weight is 510 g/mol. The van der Waals surface area contributed by atoms with Gasteiger partial charge in [-0.2, -0.15) is 0 Å². The number of benzene rings is 2. The highest BCUT2D eigenvalue weighted by Gasteiger charge is 2.16. The maximum absolute atomic E-state index is 14.1. The van der Waals surface area contributed by atoms with Crippen LogP contribution in [0.15, 0.2) is 50.7 Å². The Morgan fingerprint density at radius 3 is 2.38 bits per heavy atom. The Labute approximate surface area is 180 Å². The number of ether oxygens (including phenoxy) is 2. The van der Waals surface area contributed by atoms with Crippen LogP contribution < -0.4 is 9.46 Å². The zero-order valence-corrected chi connectivity index (χ0v) is 18.5. The van der Waals surface area contributed by atoms with Crippen molar-refractivity contribution in [3.63, 3.8) is 0 Å². The van der Waals surface area contributed by atoms with Gasteiger partial charge in [-0.25, -0.2) is 26.7 Å². The summed E-state index contributed by atoms with van der Waals surface area (Å²) in [4.78, 5) is 11.6. The molecular formula is C18H18BrF2NO5S2. The van der Waals surface area contributed by atoms with Crippen LogP contribution in [0.2, 0.25) is 0 Å². The molecule has 29 heavy (non-hydrogen) atoms. The minimum Gasteiger partial charge on any atom is -0.476 e. The van der Waals surface area contributed by atoms with Crippen molar-refractivity contribution in [2.75, 3.05) is 25.5 Å². The van der Waals surface area contributed by atoms with Gasteiger partial charge in [-0.3, -0.25) is 0 Å². The molecule has 0 aliphatic rings. The number of hydrogen-bond donors (Lipinski definition) is 1. The van der Waals surface area contributed by atoms with Gasteiger partial charge in [-0.15, -0.1) is 11.8 Å². The first kappa shape index (κ1) is 23.6. The standard InChI is InChI=1S/C18H18BrF2NO5S2/c1-2-26-17(23)11-27-18-15(20)9-13(10-16(18)21)28-8-7-22-29(24,25)14-5-3-12(19)4-6-14/h3-6,9-10,22H,2,7-8,11H2,1H3. The van der Waals surface area contributed by atoms with Crippen LogP contribution in [0.25, 0.3) is 0 Å².